The van der Waals surface area contributed by atoms with E-state index in [2.05, 4.69) is 15.5 Å². The first-order valence-corrected chi connectivity index (χ1v) is 10.3. The molecule has 0 saturated heterocycles. The molecule has 35 heavy (non-hydrogen) atoms. The van der Waals surface area contributed by atoms with Gasteiger partial charge >= 0.3 is 6.18 Å². The fourth-order valence-electron chi connectivity index (χ4n) is 2.80. The average molecular weight is 516 g/mol. The van der Waals surface area contributed by atoms with Crippen LogP contribution in [0.5, 0.6) is 17.4 Å². The molecule has 1 heterocycles. The maximum atomic E-state index is 13.4. The molecule has 0 fully saturated rings. The van der Waals surface area contributed by atoms with E-state index in [9.17, 15) is 27.5 Å². The Balaban J connectivity index is 1.94. The number of aromatic nitrogens is 2. The van der Waals surface area contributed by atoms with E-state index < -0.39 is 46.9 Å². The number of halogens is 5. The summed E-state index contributed by atoms with van der Waals surface area (Å²) >= 11 is 5.81. The number of aliphatic hydroxyl groups is 2. The molecule has 2 aromatic carbocycles. The van der Waals surface area contributed by atoms with Crippen molar-refractivity contribution in [1.82, 2.24) is 10.2 Å². The van der Waals surface area contributed by atoms with Gasteiger partial charge in [0, 0.05) is 6.07 Å². The van der Waals surface area contributed by atoms with Crippen molar-refractivity contribution in [3.8, 4) is 17.4 Å². The van der Waals surface area contributed by atoms with Crippen molar-refractivity contribution in [2.24, 2.45) is 0 Å². The highest BCUT2D eigenvalue weighted by atomic mass is 35.5. The Morgan fingerprint density at radius 3 is 2.60 bits per heavy atom. The number of hydrogen-bond donors (Lipinski definition) is 3. The van der Waals surface area contributed by atoms with Crippen LogP contribution in [0.3, 0.4) is 0 Å². The van der Waals surface area contributed by atoms with Crippen LogP contribution in [-0.2, 0) is 6.18 Å². The summed E-state index contributed by atoms with van der Waals surface area (Å²) in [5.74, 6) is -2.02. The van der Waals surface area contributed by atoms with Crippen molar-refractivity contribution < 1.29 is 42.0 Å². The Bertz CT molecular complexity index is 1230. The molecular weight excluding hydrogens is 498 g/mol. The predicted molar refractivity (Wildman–Crippen MR) is 116 cm³/mol. The third kappa shape index (κ3) is 6.78. The van der Waals surface area contributed by atoms with Gasteiger partial charge in [0.25, 0.3) is 5.91 Å². The van der Waals surface area contributed by atoms with E-state index in [-0.39, 0.29) is 35.1 Å². The monoisotopic (exact) mass is 515 g/mol. The SMILES string of the molecule is Cc1cc(F)ccc1Oc1cc(C(F)(F)F)c(Cl)cc1C(=O)Nc1cnnc(OCC(O)CO)c1. The van der Waals surface area contributed by atoms with Crippen molar-refractivity contribution >= 4 is 23.2 Å². The molecule has 0 bridgehead atoms. The zero-order valence-corrected chi connectivity index (χ0v) is 18.7. The zero-order chi connectivity index (χ0) is 25.8. The number of ether oxygens (including phenoxy) is 2. The van der Waals surface area contributed by atoms with E-state index in [1.165, 1.54) is 19.1 Å². The summed E-state index contributed by atoms with van der Waals surface area (Å²) in [7, 11) is 0. The Hall–Kier alpha value is -3.48. The number of aliphatic hydroxyl groups excluding tert-OH is 2. The minimum Gasteiger partial charge on any atom is -0.474 e. The third-order valence-electron chi connectivity index (χ3n) is 4.50. The Kier molecular flexibility index (Phi) is 8.10. The number of nitrogens with one attached hydrogen (secondary N) is 1. The number of hydrogen-bond acceptors (Lipinski definition) is 7. The lowest BCUT2D eigenvalue weighted by atomic mass is 10.1. The van der Waals surface area contributed by atoms with Crippen molar-refractivity contribution in [3.63, 3.8) is 0 Å². The second kappa shape index (κ2) is 10.8. The molecule has 3 N–H and O–H groups in total. The van der Waals surface area contributed by atoms with Crippen LogP contribution in [0.25, 0.3) is 0 Å². The number of carbonyl (C=O) groups excluding carboxylic acids is 1. The molecule has 1 unspecified atom stereocenters. The number of aryl methyl sites for hydroxylation is 1. The van der Waals surface area contributed by atoms with Gasteiger partial charge in [-0.1, -0.05) is 11.6 Å². The number of benzene rings is 2. The Morgan fingerprint density at radius 2 is 1.94 bits per heavy atom. The van der Waals surface area contributed by atoms with Gasteiger partial charge < -0.3 is 25.0 Å². The molecule has 3 rings (SSSR count). The number of amides is 1. The lowest BCUT2D eigenvalue weighted by Crippen LogP contribution is -2.21. The van der Waals surface area contributed by atoms with Crippen LogP contribution in [-0.4, -0.2) is 45.6 Å². The minimum atomic E-state index is -4.83. The first-order valence-electron chi connectivity index (χ1n) is 9.88. The van der Waals surface area contributed by atoms with Gasteiger partial charge in [0.2, 0.25) is 5.88 Å². The lowest BCUT2D eigenvalue weighted by Gasteiger charge is -2.17. The van der Waals surface area contributed by atoms with E-state index in [4.69, 9.17) is 26.2 Å². The van der Waals surface area contributed by atoms with Crippen LogP contribution in [0.15, 0.2) is 42.6 Å². The van der Waals surface area contributed by atoms with Gasteiger partial charge in [0.1, 0.15) is 30.0 Å². The van der Waals surface area contributed by atoms with E-state index in [1.54, 1.807) is 0 Å². The van der Waals surface area contributed by atoms with Gasteiger partial charge in [-0.2, -0.15) is 18.3 Å². The third-order valence-corrected chi connectivity index (χ3v) is 4.81. The van der Waals surface area contributed by atoms with Gasteiger partial charge in [-0.25, -0.2) is 4.39 Å². The molecule has 186 valence electrons. The number of alkyl halides is 3. The van der Waals surface area contributed by atoms with Crippen molar-refractivity contribution in [1.29, 1.82) is 0 Å². The highest BCUT2D eigenvalue weighted by Crippen LogP contribution is 2.40. The fourth-order valence-corrected chi connectivity index (χ4v) is 3.07. The summed E-state index contributed by atoms with van der Waals surface area (Å²) in [6.45, 7) is 0.636. The standard InChI is InChI=1S/C22H18ClF4N3O5/c1-11-4-12(24)2-3-18(11)35-19-7-16(22(25,26)27)17(23)6-15(19)21(33)29-13-5-20(30-28-8-13)34-10-14(32)9-31/h2-8,14,31-32H,9-10H2,1H3,(H,29,30,33). The second-order valence-electron chi connectivity index (χ2n) is 7.22. The summed E-state index contributed by atoms with van der Waals surface area (Å²) < 4.78 is 64.4. The molecule has 0 aliphatic carbocycles. The lowest BCUT2D eigenvalue weighted by molar-refractivity contribution is -0.137. The average Bonchev–Trinajstić information content (AvgIpc) is 2.79. The smallest absolute Gasteiger partial charge is 0.417 e. The highest BCUT2D eigenvalue weighted by molar-refractivity contribution is 6.32. The normalized spacial score (nSPS) is 12.2. The quantitative estimate of drug-likeness (QED) is 0.382. The van der Waals surface area contributed by atoms with E-state index >= 15 is 0 Å². The maximum absolute atomic E-state index is 13.4. The predicted octanol–water partition coefficient (Wildman–Crippen LogP) is 4.37. The van der Waals surface area contributed by atoms with Crippen LogP contribution >= 0.6 is 11.6 Å². The Morgan fingerprint density at radius 1 is 1.20 bits per heavy atom. The summed E-state index contributed by atoms with van der Waals surface area (Å²) in [6, 6.07) is 6.01. The fraction of sp³-hybridized carbons (Fsp3) is 0.227. The summed E-state index contributed by atoms with van der Waals surface area (Å²) in [6.07, 6.45) is -4.86. The van der Waals surface area contributed by atoms with E-state index in [0.717, 1.165) is 24.4 Å². The maximum Gasteiger partial charge on any atom is 0.417 e. The van der Waals surface area contributed by atoms with Gasteiger partial charge in [-0.05, 0) is 42.8 Å². The topological polar surface area (TPSA) is 114 Å². The Labute approximate surface area is 201 Å². The molecule has 8 nitrogen and oxygen atoms in total. The second-order valence-corrected chi connectivity index (χ2v) is 7.63. The molecule has 0 aliphatic heterocycles. The number of rotatable bonds is 8. The van der Waals surface area contributed by atoms with Crippen molar-refractivity contribution in [3.05, 3.63) is 70.1 Å². The first kappa shape index (κ1) is 26.1. The summed E-state index contributed by atoms with van der Waals surface area (Å²) in [4.78, 5) is 12.9. The zero-order valence-electron chi connectivity index (χ0n) is 17.9. The molecular formula is C22H18ClF4N3O5. The number of anilines is 1. The van der Waals surface area contributed by atoms with Gasteiger partial charge in [-0.3, -0.25) is 4.79 Å². The molecule has 1 aromatic heterocycles. The van der Waals surface area contributed by atoms with Crippen LogP contribution in [0.4, 0.5) is 23.2 Å². The van der Waals surface area contributed by atoms with Gasteiger partial charge in [0.15, 0.2) is 0 Å². The molecule has 0 radical (unpaired) electrons. The summed E-state index contributed by atoms with van der Waals surface area (Å²) in [5.41, 5.74) is -1.24. The van der Waals surface area contributed by atoms with E-state index in [0.29, 0.717) is 6.07 Å². The molecule has 13 heteroatoms. The highest BCUT2D eigenvalue weighted by Gasteiger charge is 2.35. The van der Waals surface area contributed by atoms with Crippen LogP contribution in [0.2, 0.25) is 5.02 Å². The molecule has 3 aromatic rings. The molecule has 0 aliphatic rings. The van der Waals surface area contributed by atoms with Crippen molar-refractivity contribution in [2.75, 3.05) is 18.5 Å². The van der Waals surface area contributed by atoms with Gasteiger partial charge in [0.05, 0.1) is 34.6 Å². The van der Waals surface area contributed by atoms with Crippen LogP contribution < -0.4 is 14.8 Å². The first-order chi connectivity index (χ1) is 16.5. The van der Waals surface area contributed by atoms with Gasteiger partial charge in [-0.15, -0.1) is 5.10 Å². The van der Waals surface area contributed by atoms with Crippen molar-refractivity contribution in [2.45, 2.75) is 19.2 Å². The number of carbonyl (C=O) groups is 1. The van der Waals surface area contributed by atoms with Crippen LogP contribution in [0, 0.1) is 12.7 Å². The molecule has 1 atom stereocenters. The van der Waals surface area contributed by atoms with E-state index in [1.807, 2.05) is 0 Å². The summed E-state index contributed by atoms with van der Waals surface area (Å²) in [5, 5.41) is 27.2. The number of nitrogens with zero attached hydrogens (tertiary/aromatic N) is 2. The molecule has 0 saturated carbocycles. The molecule has 1 amide bonds. The minimum absolute atomic E-state index is 0.0274. The van der Waals surface area contributed by atoms with Crippen LogP contribution in [0.1, 0.15) is 21.5 Å². The molecule has 0 spiro atoms. The largest absolute Gasteiger partial charge is 0.474 e.